The summed E-state index contributed by atoms with van der Waals surface area (Å²) in [5, 5.41) is 8.70. The van der Waals surface area contributed by atoms with E-state index >= 15 is 0 Å². The number of allylic oxidation sites excluding steroid dienone is 1. The van der Waals surface area contributed by atoms with Gasteiger partial charge in [0, 0.05) is 12.1 Å². The summed E-state index contributed by atoms with van der Waals surface area (Å²) in [5.74, 6) is -0.00148. The van der Waals surface area contributed by atoms with Gasteiger partial charge in [-0.2, -0.15) is 0 Å². The zero-order valence-electron chi connectivity index (χ0n) is 15.9. The average molecular weight is 365 g/mol. The van der Waals surface area contributed by atoms with Gasteiger partial charge in [0.2, 0.25) is 0 Å². The summed E-state index contributed by atoms with van der Waals surface area (Å²) in [5.41, 5.74) is 6.31. The summed E-state index contributed by atoms with van der Waals surface area (Å²) >= 11 is 0. The molecule has 2 aromatic rings. The summed E-state index contributed by atoms with van der Waals surface area (Å²) in [4.78, 5) is 15.0. The van der Waals surface area contributed by atoms with E-state index in [-0.39, 0.29) is 6.42 Å². The van der Waals surface area contributed by atoms with E-state index in [1.807, 2.05) is 12.1 Å². The van der Waals surface area contributed by atoms with Crippen LogP contribution in [0.2, 0.25) is 0 Å². The standard InChI is InChI=1S/C23H27NO3/c1-17-9-11-18(12-10-17)22-7-3-2-5-19(22)16-27-21-14-13-20(24-15-21)6-4-8-23(25)26/h9-15H,2-8,16H2,1H3,(H,25,26). The van der Waals surface area contributed by atoms with Crippen LogP contribution in [0.4, 0.5) is 0 Å². The smallest absolute Gasteiger partial charge is 0.303 e. The Morgan fingerprint density at radius 1 is 1.11 bits per heavy atom. The Balaban J connectivity index is 1.62. The van der Waals surface area contributed by atoms with Gasteiger partial charge in [0.05, 0.1) is 6.20 Å². The van der Waals surface area contributed by atoms with Crippen LogP contribution in [0, 0.1) is 6.92 Å². The number of benzene rings is 1. The van der Waals surface area contributed by atoms with E-state index in [1.165, 1.54) is 35.1 Å². The van der Waals surface area contributed by atoms with Crippen LogP contribution < -0.4 is 4.74 Å². The second kappa shape index (κ2) is 9.36. The van der Waals surface area contributed by atoms with Crippen molar-refractivity contribution >= 4 is 11.5 Å². The molecule has 1 aromatic heterocycles. The molecule has 0 saturated carbocycles. The topological polar surface area (TPSA) is 59.4 Å². The van der Waals surface area contributed by atoms with Gasteiger partial charge in [-0.05, 0) is 74.3 Å². The van der Waals surface area contributed by atoms with Crippen molar-refractivity contribution in [2.24, 2.45) is 0 Å². The highest BCUT2D eigenvalue weighted by molar-refractivity contribution is 5.70. The molecule has 0 unspecified atom stereocenters. The van der Waals surface area contributed by atoms with Crippen LogP contribution in [0.25, 0.3) is 5.57 Å². The number of hydrogen-bond acceptors (Lipinski definition) is 3. The van der Waals surface area contributed by atoms with Crippen LogP contribution in [0.15, 0.2) is 48.2 Å². The Morgan fingerprint density at radius 2 is 1.89 bits per heavy atom. The van der Waals surface area contributed by atoms with E-state index in [9.17, 15) is 4.79 Å². The lowest BCUT2D eigenvalue weighted by Crippen LogP contribution is -2.08. The Hall–Kier alpha value is -2.62. The van der Waals surface area contributed by atoms with Crippen molar-refractivity contribution in [3.05, 3.63) is 65.0 Å². The number of ether oxygens (including phenoxy) is 1. The van der Waals surface area contributed by atoms with Crippen molar-refractivity contribution in [1.29, 1.82) is 0 Å². The number of aromatic nitrogens is 1. The van der Waals surface area contributed by atoms with Crippen molar-refractivity contribution in [2.45, 2.75) is 51.9 Å². The van der Waals surface area contributed by atoms with E-state index in [2.05, 4.69) is 36.2 Å². The van der Waals surface area contributed by atoms with Gasteiger partial charge in [0.15, 0.2) is 0 Å². The largest absolute Gasteiger partial charge is 0.488 e. The molecule has 27 heavy (non-hydrogen) atoms. The molecular formula is C23H27NO3. The second-order valence-electron chi connectivity index (χ2n) is 7.18. The minimum atomic E-state index is -0.764. The molecule has 142 valence electrons. The number of pyridine rings is 1. The molecule has 4 heteroatoms. The molecule has 1 aliphatic rings. The van der Waals surface area contributed by atoms with Gasteiger partial charge >= 0.3 is 5.97 Å². The number of aliphatic carboxylic acids is 1. The highest BCUT2D eigenvalue weighted by Gasteiger charge is 2.15. The molecule has 1 aromatic carbocycles. The van der Waals surface area contributed by atoms with Gasteiger partial charge in [-0.3, -0.25) is 9.78 Å². The molecule has 0 saturated heterocycles. The number of hydrogen-bond donors (Lipinski definition) is 1. The number of carboxylic acids is 1. The third kappa shape index (κ3) is 5.68. The van der Waals surface area contributed by atoms with Crippen LogP contribution in [-0.2, 0) is 11.2 Å². The quantitative estimate of drug-likeness (QED) is 0.698. The highest BCUT2D eigenvalue weighted by Crippen LogP contribution is 2.32. The van der Waals surface area contributed by atoms with E-state index in [1.54, 1.807) is 6.20 Å². The summed E-state index contributed by atoms with van der Waals surface area (Å²) in [7, 11) is 0. The molecule has 0 atom stereocenters. The van der Waals surface area contributed by atoms with Gasteiger partial charge in [-0.15, -0.1) is 0 Å². The summed E-state index contributed by atoms with van der Waals surface area (Å²) in [6.07, 6.45) is 7.85. The van der Waals surface area contributed by atoms with Crippen molar-refractivity contribution in [2.75, 3.05) is 6.61 Å². The van der Waals surface area contributed by atoms with Crippen LogP contribution in [0.1, 0.15) is 55.3 Å². The van der Waals surface area contributed by atoms with Crippen LogP contribution in [0.3, 0.4) is 0 Å². The zero-order valence-corrected chi connectivity index (χ0v) is 15.9. The molecule has 0 amide bonds. The average Bonchev–Trinajstić information content (AvgIpc) is 2.68. The lowest BCUT2D eigenvalue weighted by atomic mass is 9.87. The first-order valence-electron chi connectivity index (χ1n) is 9.69. The lowest BCUT2D eigenvalue weighted by Gasteiger charge is -2.21. The summed E-state index contributed by atoms with van der Waals surface area (Å²) in [6.45, 7) is 2.71. The maximum atomic E-state index is 10.6. The number of aryl methyl sites for hydroxylation is 2. The molecule has 1 N–H and O–H groups in total. The van der Waals surface area contributed by atoms with Gasteiger partial charge in [-0.25, -0.2) is 0 Å². The molecule has 1 heterocycles. The lowest BCUT2D eigenvalue weighted by molar-refractivity contribution is -0.137. The number of nitrogens with zero attached hydrogens (tertiary/aromatic N) is 1. The monoisotopic (exact) mass is 365 g/mol. The van der Waals surface area contributed by atoms with E-state index in [4.69, 9.17) is 9.84 Å². The summed E-state index contributed by atoms with van der Waals surface area (Å²) in [6, 6.07) is 12.6. The van der Waals surface area contributed by atoms with Gasteiger partial charge in [-0.1, -0.05) is 29.8 Å². The minimum Gasteiger partial charge on any atom is -0.488 e. The molecule has 1 aliphatic carbocycles. The number of rotatable bonds is 8. The number of carboxylic acid groups (broad SMARTS) is 1. The fraction of sp³-hybridized carbons (Fsp3) is 0.391. The highest BCUT2D eigenvalue weighted by atomic mass is 16.5. The molecular weight excluding hydrogens is 338 g/mol. The SMILES string of the molecule is Cc1ccc(C2=C(COc3ccc(CCCC(=O)O)nc3)CCCC2)cc1. The van der Waals surface area contributed by atoms with Crippen LogP contribution in [-0.4, -0.2) is 22.7 Å². The van der Waals surface area contributed by atoms with E-state index in [0.717, 1.165) is 24.3 Å². The van der Waals surface area contributed by atoms with Crippen LogP contribution >= 0.6 is 0 Å². The first kappa shape index (κ1) is 19.2. The fourth-order valence-electron chi connectivity index (χ4n) is 3.47. The predicted octanol–water partition coefficient (Wildman–Crippen LogP) is 5.20. The first-order valence-corrected chi connectivity index (χ1v) is 9.69. The Kier molecular flexibility index (Phi) is 6.64. The Morgan fingerprint density at radius 3 is 2.59 bits per heavy atom. The van der Waals surface area contributed by atoms with Gasteiger partial charge in [0.1, 0.15) is 12.4 Å². The third-order valence-corrected chi connectivity index (χ3v) is 5.02. The third-order valence-electron chi connectivity index (χ3n) is 5.02. The molecule has 0 spiro atoms. The maximum absolute atomic E-state index is 10.6. The van der Waals surface area contributed by atoms with Crippen LogP contribution in [0.5, 0.6) is 5.75 Å². The Bertz CT molecular complexity index is 791. The van der Waals surface area contributed by atoms with Crippen molar-refractivity contribution in [1.82, 2.24) is 4.98 Å². The number of carbonyl (C=O) groups is 1. The summed E-state index contributed by atoms with van der Waals surface area (Å²) < 4.78 is 6.00. The zero-order chi connectivity index (χ0) is 19.1. The fourth-order valence-corrected chi connectivity index (χ4v) is 3.47. The van der Waals surface area contributed by atoms with E-state index < -0.39 is 5.97 Å². The molecule has 0 radical (unpaired) electrons. The van der Waals surface area contributed by atoms with Gasteiger partial charge in [0.25, 0.3) is 0 Å². The first-order chi connectivity index (χ1) is 13.1. The Labute approximate surface area is 160 Å². The molecule has 0 fully saturated rings. The second-order valence-corrected chi connectivity index (χ2v) is 7.18. The van der Waals surface area contributed by atoms with Crippen molar-refractivity contribution in [3.8, 4) is 5.75 Å². The van der Waals surface area contributed by atoms with E-state index in [0.29, 0.717) is 19.4 Å². The predicted molar refractivity (Wildman–Crippen MR) is 107 cm³/mol. The minimum absolute atomic E-state index is 0.176. The molecule has 0 bridgehead atoms. The molecule has 4 nitrogen and oxygen atoms in total. The van der Waals surface area contributed by atoms with Gasteiger partial charge < -0.3 is 9.84 Å². The maximum Gasteiger partial charge on any atom is 0.303 e. The van der Waals surface area contributed by atoms with Crippen molar-refractivity contribution in [3.63, 3.8) is 0 Å². The van der Waals surface area contributed by atoms with Crippen molar-refractivity contribution < 1.29 is 14.6 Å². The normalized spacial score (nSPS) is 14.3. The molecule has 3 rings (SSSR count). The molecule has 0 aliphatic heterocycles.